The van der Waals surface area contributed by atoms with Gasteiger partial charge in [-0.25, -0.2) is 0 Å². The first-order chi connectivity index (χ1) is 13.0. The number of aliphatic hydroxyl groups excluding tert-OH is 1. The van der Waals surface area contributed by atoms with Crippen LogP contribution in [0.1, 0.15) is 20.8 Å². The highest BCUT2D eigenvalue weighted by Crippen LogP contribution is 2.24. The number of benzene rings is 1. The summed E-state index contributed by atoms with van der Waals surface area (Å²) in [5, 5.41) is 33.4. The summed E-state index contributed by atoms with van der Waals surface area (Å²) in [6.45, 7) is -0.378. The summed E-state index contributed by atoms with van der Waals surface area (Å²) in [6.07, 6.45) is -0.648. The van der Waals surface area contributed by atoms with E-state index in [0.717, 1.165) is 0 Å². The summed E-state index contributed by atoms with van der Waals surface area (Å²) in [4.78, 5) is 24.1. The second kappa shape index (κ2) is 8.21. The number of rotatable bonds is 6. The van der Waals surface area contributed by atoms with Gasteiger partial charge >= 0.3 is 0 Å². The largest absolute Gasteiger partial charge is 0.387 e. The Morgan fingerprint density at radius 2 is 1.93 bits per heavy atom. The van der Waals surface area contributed by atoms with Crippen LogP contribution in [0.2, 0.25) is 0 Å². The van der Waals surface area contributed by atoms with Crippen molar-refractivity contribution in [3.8, 4) is 0 Å². The Labute approximate surface area is 155 Å². The number of carbonyl (C=O) groups excluding carboxylic acids is 2. The van der Waals surface area contributed by atoms with Crippen LogP contribution < -0.4 is 10.6 Å². The Kier molecular flexibility index (Phi) is 5.75. The van der Waals surface area contributed by atoms with Crippen molar-refractivity contribution >= 4 is 11.8 Å². The molecule has 1 aromatic heterocycles. The Bertz CT molecular complexity index is 789. The number of aliphatic hydroxyl groups is 2. The van der Waals surface area contributed by atoms with Crippen LogP contribution in [0, 0.1) is 0 Å². The molecule has 1 saturated heterocycles. The summed E-state index contributed by atoms with van der Waals surface area (Å²) < 4.78 is 5.40. The average molecular weight is 372 g/mol. The minimum atomic E-state index is -1.65. The molecule has 0 saturated carbocycles. The zero-order valence-corrected chi connectivity index (χ0v) is 14.4. The van der Waals surface area contributed by atoms with Crippen LogP contribution in [-0.4, -0.2) is 69.7 Å². The van der Waals surface area contributed by atoms with Crippen molar-refractivity contribution in [1.29, 1.82) is 0 Å². The lowest BCUT2D eigenvalue weighted by atomic mass is 9.96. The third kappa shape index (κ3) is 4.45. The fraction of sp³-hybridized carbons (Fsp3) is 0.333. The predicted octanol–water partition coefficient (Wildman–Crippen LogP) is -0.873. The minimum absolute atomic E-state index is 0.0223. The molecule has 2 heterocycles. The summed E-state index contributed by atoms with van der Waals surface area (Å²) >= 11 is 0. The quantitative estimate of drug-likeness (QED) is 0.518. The fourth-order valence-corrected chi connectivity index (χ4v) is 2.73. The first-order valence-corrected chi connectivity index (χ1v) is 8.41. The van der Waals surface area contributed by atoms with Gasteiger partial charge in [-0.1, -0.05) is 18.2 Å². The summed E-state index contributed by atoms with van der Waals surface area (Å²) in [7, 11) is 0. The van der Waals surface area contributed by atoms with Crippen LogP contribution in [0.5, 0.6) is 0 Å². The molecule has 1 fully saturated rings. The summed E-state index contributed by atoms with van der Waals surface area (Å²) in [6, 6.07) is 11.6. The zero-order chi connectivity index (χ0) is 19.3. The van der Waals surface area contributed by atoms with Gasteiger partial charge in [0.05, 0.1) is 13.2 Å². The molecule has 0 unspecified atom stereocenters. The number of ether oxygens (including phenoxy) is 1. The average Bonchev–Trinajstić information content (AvgIpc) is 3.00. The van der Waals surface area contributed by atoms with Gasteiger partial charge in [0.1, 0.15) is 17.8 Å². The highest BCUT2D eigenvalue weighted by Gasteiger charge is 2.48. The second-order valence-corrected chi connectivity index (χ2v) is 6.27. The van der Waals surface area contributed by atoms with Gasteiger partial charge in [-0.3, -0.25) is 9.59 Å². The van der Waals surface area contributed by atoms with E-state index in [1.54, 1.807) is 36.4 Å². The molecule has 2 amide bonds. The van der Waals surface area contributed by atoms with Gasteiger partial charge in [0.2, 0.25) is 0 Å². The highest BCUT2D eigenvalue weighted by molar-refractivity contribution is 5.94. The van der Waals surface area contributed by atoms with Crippen molar-refractivity contribution in [2.24, 2.45) is 0 Å². The van der Waals surface area contributed by atoms with E-state index in [2.05, 4.69) is 20.8 Å². The lowest BCUT2D eigenvalue weighted by molar-refractivity contribution is -0.0464. The molecule has 9 nitrogen and oxygen atoms in total. The van der Waals surface area contributed by atoms with E-state index in [9.17, 15) is 19.8 Å². The molecular weight excluding hydrogens is 352 g/mol. The first kappa shape index (κ1) is 18.9. The van der Waals surface area contributed by atoms with E-state index in [1.807, 2.05) is 0 Å². The smallest absolute Gasteiger partial charge is 0.271 e. The number of carbonyl (C=O) groups is 2. The third-order valence-electron chi connectivity index (χ3n) is 4.31. The first-order valence-electron chi connectivity index (χ1n) is 8.41. The predicted molar refractivity (Wildman–Crippen MR) is 93.8 cm³/mol. The molecule has 3 atom stereocenters. The third-order valence-corrected chi connectivity index (χ3v) is 4.31. The van der Waals surface area contributed by atoms with E-state index in [1.165, 1.54) is 12.3 Å². The minimum Gasteiger partial charge on any atom is -0.387 e. The van der Waals surface area contributed by atoms with E-state index < -0.39 is 23.7 Å². The van der Waals surface area contributed by atoms with E-state index in [0.29, 0.717) is 5.56 Å². The van der Waals surface area contributed by atoms with Gasteiger partial charge in [-0.2, -0.15) is 5.10 Å². The van der Waals surface area contributed by atoms with Crippen LogP contribution in [0.25, 0.3) is 0 Å². The van der Waals surface area contributed by atoms with E-state index in [-0.39, 0.29) is 31.3 Å². The lowest BCUT2D eigenvalue weighted by Gasteiger charge is -2.26. The standard InChI is InChI=1S/C18H20N4O5/c23-15-14(9-19-17(25)13-7-4-8-21-22-13)27-11-18(15,26)10-20-16(24)12-5-2-1-3-6-12/h1-8,14-15,23,26H,9-11H2,(H,19,25)(H,20,24)/t14-,15-,18+/m1/s1. The molecule has 142 valence electrons. The molecule has 3 rings (SSSR count). The second-order valence-electron chi connectivity index (χ2n) is 6.27. The molecule has 4 N–H and O–H groups in total. The van der Waals surface area contributed by atoms with Crippen LogP contribution in [0.15, 0.2) is 48.7 Å². The van der Waals surface area contributed by atoms with Crippen LogP contribution in [0.4, 0.5) is 0 Å². The normalized spacial score (nSPS) is 24.4. The number of aromatic nitrogens is 2. The molecule has 1 aliphatic rings. The molecule has 0 radical (unpaired) electrons. The van der Waals surface area contributed by atoms with Crippen molar-refractivity contribution < 1.29 is 24.5 Å². The van der Waals surface area contributed by atoms with Gasteiger partial charge in [-0.15, -0.1) is 5.10 Å². The van der Waals surface area contributed by atoms with Crippen LogP contribution >= 0.6 is 0 Å². The van der Waals surface area contributed by atoms with Gasteiger partial charge in [0.25, 0.3) is 11.8 Å². The maximum absolute atomic E-state index is 12.1. The molecule has 9 heteroatoms. The highest BCUT2D eigenvalue weighted by atomic mass is 16.5. The monoisotopic (exact) mass is 372 g/mol. The number of amides is 2. The molecular formula is C18H20N4O5. The molecule has 0 spiro atoms. The number of nitrogens with one attached hydrogen (secondary N) is 2. The van der Waals surface area contributed by atoms with Gasteiger partial charge in [0.15, 0.2) is 5.69 Å². The topological polar surface area (TPSA) is 134 Å². The SMILES string of the molecule is O=C(NC[C@]1(O)CO[C@H](CNC(=O)c2cccnn2)[C@H]1O)c1ccccc1. The Morgan fingerprint density at radius 1 is 1.15 bits per heavy atom. The van der Waals surface area contributed by atoms with Crippen molar-refractivity contribution in [2.45, 2.75) is 17.8 Å². The maximum Gasteiger partial charge on any atom is 0.271 e. The Morgan fingerprint density at radius 3 is 2.63 bits per heavy atom. The van der Waals surface area contributed by atoms with Crippen molar-refractivity contribution in [2.75, 3.05) is 19.7 Å². The van der Waals surface area contributed by atoms with Crippen molar-refractivity contribution in [3.63, 3.8) is 0 Å². The molecule has 27 heavy (non-hydrogen) atoms. The molecule has 1 aliphatic heterocycles. The maximum atomic E-state index is 12.1. The van der Waals surface area contributed by atoms with E-state index >= 15 is 0 Å². The number of hydrogen-bond acceptors (Lipinski definition) is 7. The molecule has 0 aliphatic carbocycles. The fourth-order valence-electron chi connectivity index (χ4n) is 2.73. The zero-order valence-electron chi connectivity index (χ0n) is 14.4. The molecule has 2 aromatic rings. The van der Waals surface area contributed by atoms with Gasteiger partial charge < -0.3 is 25.6 Å². The van der Waals surface area contributed by atoms with Gasteiger partial charge in [0, 0.05) is 18.3 Å². The number of hydrogen-bond donors (Lipinski definition) is 4. The molecule has 1 aromatic carbocycles. The van der Waals surface area contributed by atoms with Gasteiger partial charge in [-0.05, 0) is 24.3 Å². The Hall–Kier alpha value is -2.88. The van der Waals surface area contributed by atoms with Crippen molar-refractivity contribution in [3.05, 3.63) is 59.9 Å². The molecule has 0 bridgehead atoms. The summed E-state index contributed by atoms with van der Waals surface area (Å²) in [5.41, 5.74) is -1.07. The van der Waals surface area contributed by atoms with Crippen LogP contribution in [0.3, 0.4) is 0 Å². The van der Waals surface area contributed by atoms with E-state index in [4.69, 9.17) is 4.74 Å². The van der Waals surface area contributed by atoms with Crippen LogP contribution in [-0.2, 0) is 4.74 Å². The summed E-state index contributed by atoms with van der Waals surface area (Å²) in [5.74, 6) is -0.831. The number of nitrogens with zero attached hydrogens (tertiary/aromatic N) is 2. The Balaban J connectivity index is 1.51. The lowest BCUT2D eigenvalue weighted by Crippen LogP contribution is -2.53. The van der Waals surface area contributed by atoms with Crippen molar-refractivity contribution in [1.82, 2.24) is 20.8 Å².